The summed E-state index contributed by atoms with van der Waals surface area (Å²) >= 11 is 0. The third kappa shape index (κ3) is 3.00. The molecule has 0 aliphatic carbocycles. The van der Waals surface area contributed by atoms with Gasteiger partial charge in [-0.25, -0.2) is 0 Å². The molecule has 2 heteroatoms. The number of nitrogen functional groups attached to an aromatic ring is 1. The topological polar surface area (TPSA) is 29.3 Å². The molecule has 0 fully saturated rings. The number of hydrogen-bond acceptors (Lipinski definition) is 2. The Morgan fingerprint density at radius 1 is 1.10 bits per heavy atom. The van der Waals surface area contributed by atoms with Crippen LogP contribution >= 0.6 is 0 Å². The molecule has 0 aliphatic rings. The highest BCUT2D eigenvalue weighted by Gasteiger charge is 2.15. The Labute approximate surface area is 127 Å². The van der Waals surface area contributed by atoms with Crippen LogP contribution in [0.4, 0.5) is 17.1 Å². The van der Waals surface area contributed by atoms with E-state index in [0.717, 1.165) is 33.9 Å². The summed E-state index contributed by atoms with van der Waals surface area (Å²) in [5.41, 5.74) is 13.2. The Bertz CT molecular complexity index is 699. The van der Waals surface area contributed by atoms with Gasteiger partial charge in [0.15, 0.2) is 0 Å². The van der Waals surface area contributed by atoms with Crippen LogP contribution in [0.15, 0.2) is 61.3 Å². The van der Waals surface area contributed by atoms with Gasteiger partial charge in [-0.05, 0) is 67.8 Å². The van der Waals surface area contributed by atoms with Crippen molar-refractivity contribution in [2.24, 2.45) is 0 Å². The van der Waals surface area contributed by atoms with Crippen molar-refractivity contribution in [2.75, 3.05) is 10.6 Å². The second kappa shape index (κ2) is 5.88. The number of nitrogens with zero attached hydrogens (tertiary/aromatic N) is 1. The molecule has 21 heavy (non-hydrogen) atoms. The van der Waals surface area contributed by atoms with Gasteiger partial charge >= 0.3 is 0 Å². The van der Waals surface area contributed by atoms with Crippen molar-refractivity contribution in [2.45, 2.75) is 20.8 Å². The van der Waals surface area contributed by atoms with E-state index in [-0.39, 0.29) is 0 Å². The van der Waals surface area contributed by atoms with Crippen molar-refractivity contribution in [3.8, 4) is 0 Å². The van der Waals surface area contributed by atoms with Crippen LogP contribution in [0.2, 0.25) is 0 Å². The SMILES string of the molecule is C=CC(=C)N(c1cccc(C)c1)c1cc(C)c(N)cc1C. The van der Waals surface area contributed by atoms with E-state index in [4.69, 9.17) is 5.73 Å². The zero-order valence-corrected chi connectivity index (χ0v) is 13.0. The third-order valence-electron chi connectivity index (χ3n) is 3.61. The van der Waals surface area contributed by atoms with E-state index >= 15 is 0 Å². The monoisotopic (exact) mass is 278 g/mol. The average molecular weight is 278 g/mol. The molecule has 0 radical (unpaired) electrons. The van der Waals surface area contributed by atoms with Gasteiger partial charge in [0, 0.05) is 22.8 Å². The lowest BCUT2D eigenvalue weighted by atomic mass is 10.1. The number of aryl methyl sites for hydroxylation is 3. The van der Waals surface area contributed by atoms with Gasteiger partial charge in [-0.2, -0.15) is 0 Å². The largest absolute Gasteiger partial charge is 0.399 e. The maximum atomic E-state index is 6.00. The summed E-state index contributed by atoms with van der Waals surface area (Å²) < 4.78 is 0. The van der Waals surface area contributed by atoms with Gasteiger partial charge in [-0.15, -0.1) is 0 Å². The number of rotatable bonds is 4. The fourth-order valence-corrected chi connectivity index (χ4v) is 2.38. The van der Waals surface area contributed by atoms with Crippen molar-refractivity contribution < 1.29 is 0 Å². The summed E-state index contributed by atoms with van der Waals surface area (Å²) in [5.74, 6) is 0. The van der Waals surface area contributed by atoms with Gasteiger partial charge in [0.05, 0.1) is 0 Å². The quantitative estimate of drug-likeness (QED) is 0.627. The first-order valence-corrected chi connectivity index (χ1v) is 6.99. The van der Waals surface area contributed by atoms with Gasteiger partial charge in [-0.1, -0.05) is 25.3 Å². The lowest BCUT2D eigenvalue weighted by molar-refractivity contribution is 1.18. The molecule has 0 aromatic heterocycles. The summed E-state index contributed by atoms with van der Waals surface area (Å²) in [6.45, 7) is 14.1. The molecule has 0 aliphatic heterocycles. The molecule has 0 amide bonds. The van der Waals surface area contributed by atoms with Crippen LogP contribution in [0.3, 0.4) is 0 Å². The van der Waals surface area contributed by atoms with Crippen LogP contribution in [0.5, 0.6) is 0 Å². The fraction of sp³-hybridized carbons (Fsp3) is 0.158. The van der Waals surface area contributed by atoms with E-state index in [2.05, 4.69) is 56.2 Å². The molecule has 2 nitrogen and oxygen atoms in total. The molecule has 2 aromatic rings. The predicted molar refractivity (Wildman–Crippen MR) is 93.0 cm³/mol. The van der Waals surface area contributed by atoms with Crippen molar-refractivity contribution >= 4 is 17.1 Å². The Kier molecular flexibility index (Phi) is 4.18. The molecule has 0 heterocycles. The summed E-state index contributed by atoms with van der Waals surface area (Å²) in [5, 5.41) is 0. The van der Waals surface area contributed by atoms with Crippen molar-refractivity contribution in [1.29, 1.82) is 0 Å². The highest BCUT2D eigenvalue weighted by Crippen LogP contribution is 2.34. The van der Waals surface area contributed by atoms with Gasteiger partial charge in [0.2, 0.25) is 0 Å². The molecule has 0 saturated carbocycles. The summed E-state index contributed by atoms with van der Waals surface area (Å²) in [6.07, 6.45) is 1.77. The normalized spacial score (nSPS) is 10.2. The van der Waals surface area contributed by atoms with Crippen molar-refractivity contribution in [3.63, 3.8) is 0 Å². The minimum Gasteiger partial charge on any atom is -0.399 e. The standard InChI is InChI=1S/C19H22N2/c1-6-16(5)21(17-9-7-8-13(2)10-17)19-12-14(3)18(20)11-15(19)4/h6-12H,1,5,20H2,2-4H3. The van der Waals surface area contributed by atoms with E-state index in [1.54, 1.807) is 6.08 Å². The van der Waals surface area contributed by atoms with Crippen LogP contribution in [0.1, 0.15) is 16.7 Å². The van der Waals surface area contributed by atoms with Crippen LogP contribution in [0.25, 0.3) is 0 Å². The van der Waals surface area contributed by atoms with Gasteiger partial charge in [-0.3, -0.25) is 0 Å². The third-order valence-corrected chi connectivity index (χ3v) is 3.61. The van der Waals surface area contributed by atoms with Crippen molar-refractivity contribution in [1.82, 2.24) is 0 Å². The highest BCUT2D eigenvalue weighted by molar-refractivity contribution is 5.75. The van der Waals surface area contributed by atoms with Gasteiger partial charge < -0.3 is 10.6 Å². The Hall–Kier alpha value is -2.48. The molecule has 2 N–H and O–H groups in total. The molecule has 0 unspecified atom stereocenters. The van der Waals surface area contributed by atoms with Crippen LogP contribution in [0, 0.1) is 20.8 Å². The van der Waals surface area contributed by atoms with Gasteiger partial charge in [0.25, 0.3) is 0 Å². The van der Waals surface area contributed by atoms with E-state index in [9.17, 15) is 0 Å². The minimum absolute atomic E-state index is 0.810. The summed E-state index contributed by atoms with van der Waals surface area (Å²) in [6, 6.07) is 12.4. The van der Waals surface area contributed by atoms with E-state index in [0.29, 0.717) is 0 Å². The summed E-state index contributed by atoms with van der Waals surface area (Å²) in [4.78, 5) is 2.11. The zero-order chi connectivity index (χ0) is 15.6. The van der Waals surface area contributed by atoms with E-state index in [1.807, 2.05) is 19.1 Å². The molecule has 2 aromatic carbocycles. The number of allylic oxidation sites excluding steroid dienone is 1. The van der Waals surface area contributed by atoms with Crippen LogP contribution < -0.4 is 10.6 Å². The second-order valence-electron chi connectivity index (χ2n) is 5.37. The van der Waals surface area contributed by atoms with Crippen LogP contribution in [-0.2, 0) is 0 Å². The fourth-order valence-electron chi connectivity index (χ4n) is 2.38. The van der Waals surface area contributed by atoms with E-state index < -0.39 is 0 Å². The molecule has 0 bridgehead atoms. The number of anilines is 3. The molecule has 108 valence electrons. The number of nitrogens with two attached hydrogens (primary N) is 1. The smallest absolute Gasteiger partial charge is 0.0494 e. The first-order chi connectivity index (χ1) is 9.93. The Morgan fingerprint density at radius 3 is 2.43 bits per heavy atom. The Morgan fingerprint density at radius 2 is 1.81 bits per heavy atom. The maximum Gasteiger partial charge on any atom is 0.0494 e. The lowest BCUT2D eigenvalue weighted by Gasteiger charge is -2.28. The zero-order valence-electron chi connectivity index (χ0n) is 13.0. The maximum absolute atomic E-state index is 6.00. The number of hydrogen-bond donors (Lipinski definition) is 1. The van der Waals surface area contributed by atoms with Crippen LogP contribution in [-0.4, -0.2) is 0 Å². The van der Waals surface area contributed by atoms with E-state index in [1.165, 1.54) is 5.56 Å². The summed E-state index contributed by atoms with van der Waals surface area (Å²) in [7, 11) is 0. The average Bonchev–Trinajstić information content (AvgIpc) is 2.44. The molecular formula is C19H22N2. The second-order valence-corrected chi connectivity index (χ2v) is 5.37. The Balaban J connectivity index is 2.64. The molecule has 0 spiro atoms. The first kappa shape index (κ1) is 14.9. The van der Waals surface area contributed by atoms with Crippen molar-refractivity contribution in [3.05, 3.63) is 78.0 Å². The molecular weight excluding hydrogens is 256 g/mol. The molecule has 0 atom stereocenters. The van der Waals surface area contributed by atoms with Gasteiger partial charge in [0.1, 0.15) is 0 Å². The molecule has 2 rings (SSSR count). The first-order valence-electron chi connectivity index (χ1n) is 6.99. The lowest BCUT2D eigenvalue weighted by Crippen LogP contribution is -2.16. The number of benzene rings is 2. The predicted octanol–water partition coefficient (Wildman–Crippen LogP) is 5.03. The molecule has 0 saturated heterocycles. The highest BCUT2D eigenvalue weighted by atomic mass is 15.1. The minimum atomic E-state index is 0.810.